The van der Waals surface area contributed by atoms with E-state index < -0.39 is 0 Å². The van der Waals surface area contributed by atoms with Gasteiger partial charge in [0.15, 0.2) is 0 Å². The van der Waals surface area contributed by atoms with Crippen molar-refractivity contribution in [2.75, 3.05) is 18.2 Å². The molecule has 0 fully saturated rings. The fourth-order valence-electron chi connectivity index (χ4n) is 2.04. The third-order valence-corrected chi connectivity index (χ3v) is 3.16. The van der Waals surface area contributed by atoms with E-state index in [1.165, 1.54) is 0 Å². The molecule has 0 bridgehead atoms. The Morgan fingerprint density at radius 1 is 1.10 bits per heavy atom. The van der Waals surface area contributed by atoms with Gasteiger partial charge in [0, 0.05) is 16.9 Å². The number of benzene rings is 2. The van der Waals surface area contributed by atoms with Crippen LogP contribution in [0.1, 0.15) is 21.5 Å². The topological polar surface area (TPSA) is 64.3 Å². The fourth-order valence-corrected chi connectivity index (χ4v) is 2.04. The van der Waals surface area contributed by atoms with Gasteiger partial charge in [-0.3, -0.25) is 4.79 Å². The Balaban J connectivity index is 2.23. The maximum atomic E-state index is 12.3. The van der Waals surface area contributed by atoms with E-state index in [-0.39, 0.29) is 5.91 Å². The highest BCUT2D eigenvalue weighted by atomic mass is 16.5. The van der Waals surface area contributed by atoms with Crippen LogP contribution in [0, 0.1) is 13.8 Å². The average molecular weight is 270 g/mol. The quantitative estimate of drug-likeness (QED) is 0.842. The summed E-state index contributed by atoms with van der Waals surface area (Å²) in [4.78, 5) is 12.3. The van der Waals surface area contributed by atoms with Crippen molar-refractivity contribution in [1.82, 2.24) is 0 Å². The van der Waals surface area contributed by atoms with Crippen molar-refractivity contribution in [3.8, 4) is 5.75 Å². The first kappa shape index (κ1) is 13.9. The van der Waals surface area contributed by atoms with Crippen LogP contribution in [-0.4, -0.2) is 13.0 Å². The number of carbonyl (C=O) groups is 1. The molecule has 0 spiro atoms. The Labute approximate surface area is 118 Å². The second-order valence-corrected chi connectivity index (χ2v) is 4.71. The second-order valence-electron chi connectivity index (χ2n) is 4.71. The number of nitrogens with two attached hydrogens (primary N) is 1. The number of nitrogens with one attached hydrogen (secondary N) is 1. The molecule has 3 N–H and O–H groups in total. The first-order valence-corrected chi connectivity index (χ1v) is 6.33. The monoisotopic (exact) mass is 270 g/mol. The van der Waals surface area contributed by atoms with E-state index in [1.54, 1.807) is 19.2 Å². The highest BCUT2D eigenvalue weighted by Crippen LogP contribution is 2.22. The van der Waals surface area contributed by atoms with E-state index in [9.17, 15) is 4.79 Å². The van der Waals surface area contributed by atoms with Gasteiger partial charge in [-0.15, -0.1) is 0 Å². The molecular weight excluding hydrogens is 252 g/mol. The number of nitrogen functional groups attached to an aromatic ring is 1. The van der Waals surface area contributed by atoms with Gasteiger partial charge in [0.05, 0.1) is 7.11 Å². The summed E-state index contributed by atoms with van der Waals surface area (Å²) in [6.45, 7) is 3.81. The molecule has 20 heavy (non-hydrogen) atoms. The molecule has 4 heteroatoms. The van der Waals surface area contributed by atoms with Crippen molar-refractivity contribution in [1.29, 1.82) is 0 Å². The Hall–Kier alpha value is -2.49. The minimum absolute atomic E-state index is 0.167. The molecule has 0 radical (unpaired) electrons. The van der Waals surface area contributed by atoms with E-state index >= 15 is 0 Å². The van der Waals surface area contributed by atoms with Crippen LogP contribution in [0.4, 0.5) is 11.4 Å². The van der Waals surface area contributed by atoms with Gasteiger partial charge in [-0.25, -0.2) is 0 Å². The van der Waals surface area contributed by atoms with Gasteiger partial charge >= 0.3 is 0 Å². The molecule has 2 aromatic carbocycles. The number of hydrogen-bond acceptors (Lipinski definition) is 3. The zero-order chi connectivity index (χ0) is 14.7. The summed E-state index contributed by atoms with van der Waals surface area (Å²) in [7, 11) is 1.62. The van der Waals surface area contributed by atoms with E-state index in [4.69, 9.17) is 10.5 Å². The van der Waals surface area contributed by atoms with Gasteiger partial charge in [-0.1, -0.05) is 6.07 Å². The molecule has 1 amide bonds. The summed E-state index contributed by atoms with van der Waals surface area (Å²) in [6, 6.07) is 10.8. The SMILES string of the molecule is COc1ccc(NC(=O)c2cc(N)ccc2C)cc1C. The molecule has 2 aromatic rings. The van der Waals surface area contributed by atoms with Crippen LogP contribution in [0.5, 0.6) is 5.75 Å². The Bertz CT molecular complexity index is 651. The molecule has 0 saturated carbocycles. The molecular formula is C16H18N2O2. The molecule has 0 aromatic heterocycles. The third kappa shape index (κ3) is 2.91. The highest BCUT2D eigenvalue weighted by molar-refractivity contribution is 6.05. The van der Waals surface area contributed by atoms with Gasteiger partial charge in [-0.2, -0.15) is 0 Å². The number of aryl methyl sites for hydroxylation is 2. The van der Waals surface area contributed by atoms with Crippen LogP contribution < -0.4 is 15.8 Å². The number of ether oxygens (including phenoxy) is 1. The van der Waals surface area contributed by atoms with Gasteiger partial charge in [-0.05, 0) is 55.3 Å². The zero-order valence-corrected chi connectivity index (χ0v) is 11.9. The van der Waals surface area contributed by atoms with E-state index in [1.807, 2.05) is 38.1 Å². The number of carbonyl (C=O) groups excluding carboxylic acids is 1. The molecule has 0 unspecified atom stereocenters. The molecule has 104 valence electrons. The van der Waals surface area contributed by atoms with Gasteiger partial charge < -0.3 is 15.8 Å². The van der Waals surface area contributed by atoms with E-state index in [0.717, 1.165) is 22.6 Å². The molecule has 0 aliphatic rings. The van der Waals surface area contributed by atoms with Crippen molar-refractivity contribution in [2.24, 2.45) is 0 Å². The lowest BCUT2D eigenvalue weighted by Gasteiger charge is -2.10. The lowest BCUT2D eigenvalue weighted by atomic mass is 10.1. The predicted octanol–water partition coefficient (Wildman–Crippen LogP) is 3.15. The van der Waals surface area contributed by atoms with E-state index in [2.05, 4.69) is 5.32 Å². The van der Waals surface area contributed by atoms with Crippen molar-refractivity contribution < 1.29 is 9.53 Å². The maximum Gasteiger partial charge on any atom is 0.256 e. The molecule has 0 atom stereocenters. The molecule has 0 aliphatic heterocycles. The molecule has 0 aliphatic carbocycles. The minimum atomic E-state index is -0.167. The number of anilines is 2. The van der Waals surface area contributed by atoms with Crippen LogP contribution in [-0.2, 0) is 0 Å². The van der Waals surface area contributed by atoms with Crippen molar-refractivity contribution in [3.05, 3.63) is 53.1 Å². The van der Waals surface area contributed by atoms with Gasteiger partial charge in [0.25, 0.3) is 5.91 Å². The van der Waals surface area contributed by atoms with Crippen LogP contribution in [0.3, 0.4) is 0 Å². The molecule has 0 heterocycles. The van der Waals surface area contributed by atoms with E-state index in [0.29, 0.717) is 11.3 Å². The lowest BCUT2D eigenvalue weighted by molar-refractivity contribution is 0.102. The summed E-state index contributed by atoms with van der Waals surface area (Å²) < 4.78 is 5.20. The fraction of sp³-hybridized carbons (Fsp3) is 0.188. The number of rotatable bonds is 3. The standard InChI is InChI=1S/C16H18N2O2/c1-10-4-5-12(17)9-14(10)16(19)18-13-6-7-15(20-3)11(2)8-13/h4-9H,17H2,1-3H3,(H,18,19). The Kier molecular flexibility index (Phi) is 3.94. The summed E-state index contributed by atoms with van der Waals surface area (Å²) in [5.74, 6) is 0.627. The number of hydrogen-bond donors (Lipinski definition) is 2. The number of methoxy groups -OCH3 is 1. The summed E-state index contributed by atoms with van der Waals surface area (Å²) in [5.41, 5.74) is 9.47. The molecule has 2 rings (SSSR count). The summed E-state index contributed by atoms with van der Waals surface area (Å²) in [6.07, 6.45) is 0. The average Bonchev–Trinajstić information content (AvgIpc) is 2.41. The van der Waals surface area contributed by atoms with Crippen LogP contribution in [0.2, 0.25) is 0 Å². The van der Waals surface area contributed by atoms with Crippen LogP contribution in [0.15, 0.2) is 36.4 Å². The largest absolute Gasteiger partial charge is 0.496 e. The smallest absolute Gasteiger partial charge is 0.256 e. The normalized spacial score (nSPS) is 10.2. The maximum absolute atomic E-state index is 12.3. The highest BCUT2D eigenvalue weighted by Gasteiger charge is 2.10. The predicted molar refractivity (Wildman–Crippen MR) is 81.3 cm³/mol. The summed E-state index contributed by atoms with van der Waals surface area (Å²) >= 11 is 0. The van der Waals surface area contributed by atoms with Gasteiger partial charge in [0.2, 0.25) is 0 Å². The number of amides is 1. The van der Waals surface area contributed by atoms with Crippen LogP contribution in [0.25, 0.3) is 0 Å². The summed E-state index contributed by atoms with van der Waals surface area (Å²) in [5, 5.41) is 2.87. The van der Waals surface area contributed by atoms with Gasteiger partial charge in [0.1, 0.15) is 5.75 Å². The molecule has 0 saturated heterocycles. The second kappa shape index (κ2) is 5.65. The first-order chi connectivity index (χ1) is 9.51. The third-order valence-electron chi connectivity index (χ3n) is 3.16. The van der Waals surface area contributed by atoms with Crippen molar-refractivity contribution in [2.45, 2.75) is 13.8 Å². The Morgan fingerprint density at radius 3 is 2.50 bits per heavy atom. The van der Waals surface area contributed by atoms with Crippen LogP contribution >= 0.6 is 0 Å². The Morgan fingerprint density at radius 2 is 1.85 bits per heavy atom. The lowest BCUT2D eigenvalue weighted by Crippen LogP contribution is -2.13. The zero-order valence-electron chi connectivity index (χ0n) is 11.9. The van der Waals surface area contributed by atoms with Crippen molar-refractivity contribution in [3.63, 3.8) is 0 Å². The first-order valence-electron chi connectivity index (χ1n) is 6.33. The molecule has 4 nitrogen and oxygen atoms in total. The van der Waals surface area contributed by atoms with Crippen molar-refractivity contribution >= 4 is 17.3 Å². The minimum Gasteiger partial charge on any atom is -0.496 e.